The molecule has 0 fully saturated rings. The number of rotatable bonds is 4. The molecule has 0 spiro atoms. The summed E-state index contributed by atoms with van der Waals surface area (Å²) in [5, 5.41) is 2.59. The van der Waals surface area contributed by atoms with E-state index in [-0.39, 0.29) is 18.6 Å². The van der Waals surface area contributed by atoms with Crippen molar-refractivity contribution >= 4 is 29.2 Å². The van der Waals surface area contributed by atoms with Gasteiger partial charge in [-0.25, -0.2) is 0 Å². The molecule has 0 saturated carbocycles. The van der Waals surface area contributed by atoms with Gasteiger partial charge >= 0.3 is 0 Å². The van der Waals surface area contributed by atoms with Gasteiger partial charge in [0.15, 0.2) is 4.77 Å². The van der Waals surface area contributed by atoms with Gasteiger partial charge in [0.05, 0.1) is 11.6 Å². The van der Waals surface area contributed by atoms with Crippen molar-refractivity contribution in [2.24, 2.45) is 0 Å². The van der Waals surface area contributed by atoms with Crippen LogP contribution in [0.15, 0.2) is 18.2 Å². The molecule has 2 N–H and O–H groups in total. The number of nitrogens with one attached hydrogen (secondary N) is 2. The fraction of sp³-hybridized carbons (Fsp3) is 0.385. The van der Waals surface area contributed by atoms with Gasteiger partial charge < -0.3 is 19.6 Å². The lowest BCUT2D eigenvalue weighted by atomic mass is 10.3. The summed E-state index contributed by atoms with van der Waals surface area (Å²) < 4.78 is 8.01. The number of carbonyl (C=O) groups excluding carboxylic acids is 1. The molecule has 19 heavy (non-hydrogen) atoms. The van der Waals surface area contributed by atoms with Gasteiger partial charge in [0.2, 0.25) is 5.91 Å². The SMILES string of the molecule is CNC(=O)Cn1c(=S)[nH]c2c(OC(C)C)cccc21. The van der Waals surface area contributed by atoms with E-state index in [9.17, 15) is 4.79 Å². The molecule has 0 aliphatic carbocycles. The van der Waals surface area contributed by atoms with Crippen LogP contribution in [0.4, 0.5) is 0 Å². The largest absolute Gasteiger partial charge is 0.489 e. The standard InChI is InChI=1S/C13H17N3O2S/c1-8(2)18-10-6-4-5-9-12(10)15-13(19)16(9)7-11(17)14-3/h4-6,8H,7H2,1-3H3,(H,14,17)(H,15,19). The van der Waals surface area contributed by atoms with E-state index in [4.69, 9.17) is 17.0 Å². The van der Waals surface area contributed by atoms with E-state index < -0.39 is 0 Å². The Morgan fingerprint density at radius 2 is 2.26 bits per heavy atom. The second-order valence-electron chi connectivity index (χ2n) is 4.51. The quantitative estimate of drug-likeness (QED) is 0.844. The maximum atomic E-state index is 11.5. The van der Waals surface area contributed by atoms with Crippen molar-refractivity contribution in [3.8, 4) is 5.75 Å². The molecule has 0 unspecified atom stereocenters. The zero-order valence-electron chi connectivity index (χ0n) is 11.2. The van der Waals surface area contributed by atoms with Crippen molar-refractivity contribution in [3.63, 3.8) is 0 Å². The highest BCUT2D eigenvalue weighted by atomic mass is 32.1. The van der Waals surface area contributed by atoms with E-state index in [2.05, 4.69) is 10.3 Å². The fourth-order valence-electron chi connectivity index (χ4n) is 1.89. The number of benzene rings is 1. The van der Waals surface area contributed by atoms with Crippen molar-refractivity contribution in [2.75, 3.05) is 7.05 Å². The molecular weight excluding hydrogens is 262 g/mol. The molecule has 6 heteroatoms. The first kappa shape index (κ1) is 13.6. The Balaban J connectivity index is 2.52. The minimum atomic E-state index is -0.0906. The van der Waals surface area contributed by atoms with Crippen molar-refractivity contribution in [3.05, 3.63) is 23.0 Å². The molecule has 2 aromatic rings. The number of nitrogens with zero attached hydrogens (tertiary/aromatic N) is 1. The molecule has 0 aliphatic rings. The lowest BCUT2D eigenvalue weighted by Gasteiger charge is -2.10. The Kier molecular flexibility index (Phi) is 3.90. The number of imidazole rings is 1. The molecule has 0 aliphatic heterocycles. The highest BCUT2D eigenvalue weighted by Gasteiger charge is 2.12. The monoisotopic (exact) mass is 279 g/mol. The van der Waals surface area contributed by atoms with E-state index in [0.29, 0.717) is 4.77 Å². The lowest BCUT2D eigenvalue weighted by molar-refractivity contribution is -0.121. The van der Waals surface area contributed by atoms with Crippen molar-refractivity contribution in [2.45, 2.75) is 26.5 Å². The van der Waals surface area contributed by atoms with Crippen LogP contribution in [-0.4, -0.2) is 28.6 Å². The molecule has 1 heterocycles. The molecular formula is C13H17N3O2S. The first-order valence-corrected chi connectivity index (χ1v) is 6.52. The smallest absolute Gasteiger partial charge is 0.239 e. The number of hydrogen-bond acceptors (Lipinski definition) is 3. The molecule has 1 aromatic heterocycles. The van der Waals surface area contributed by atoms with Gasteiger partial charge in [-0.15, -0.1) is 0 Å². The number of fused-ring (bicyclic) bond motifs is 1. The molecule has 0 radical (unpaired) electrons. The number of H-pyrrole nitrogens is 1. The maximum absolute atomic E-state index is 11.5. The molecule has 0 bridgehead atoms. The van der Waals surface area contributed by atoms with E-state index in [0.717, 1.165) is 16.8 Å². The minimum Gasteiger partial charge on any atom is -0.489 e. The molecule has 0 atom stereocenters. The Morgan fingerprint density at radius 3 is 2.89 bits per heavy atom. The van der Waals surface area contributed by atoms with Gasteiger partial charge in [0, 0.05) is 7.05 Å². The summed E-state index contributed by atoms with van der Waals surface area (Å²) in [7, 11) is 1.61. The number of amides is 1. The molecule has 102 valence electrons. The zero-order valence-corrected chi connectivity index (χ0v) is 12.0. The summed E-state index contributed by atoms with van der Waals surface area (Å²) in [6, 6.07) is 5.69. The molecule has 2 rings (SSSR count). The van der Waals surface area contributed by atoms with Crippen LogP contribution in [-0.2, 0) is 11.3 Å². The third-order valence-corrected chi connectivity index (χ3v) is 3.04. The number of aromatic amines is 1. The van der Waals surface area contributed by atoms with Gasteiger partial charge in [-0.05, 0) is 38.2 Å². The van der Waals surface area contributed by atoms with Crippen LogP contribution < -0.4 is 10.1 Å². The van der Waals surface area contributed by atoms with Crippen molar-refractivity contribution < 1.29 is 9.53 Å². The average molecular weight is 279 g/mol. The number of aromatic nitrogens is 2. The first-order valence-electron chi connectivity index (χ1n) is 6.11. The summed E-state index contributed by atoms with van der Waals surface area (Å²) in [4.78, 5) is 14.6. The molecule has 0 saturated heterocycles. The average Bonchev–Trinajstić information content (AvgIpc) is 2.67. The van der Waals surface area contributed by atoms with Crippen LogP contribution in [0.1, 0.15) is 13.8 Å². The van der Waals surface area contributed by atoms with E-state index in [1.807, 2.05) is 32.0 Å². The van der Waals surface area contributed by atoms with Crippen molar-refractivity contribution in [1.29, 1.82) is 0 Å². The number of hydrogen-bond donors (Lipinski definition) is 2. The highest BCUT2D eigenvalue weighted by Crippen LogP contribution is 2.25. The summed E-state index contributed by atoms with van der Waals surface area (Å²) in [6.45, 7) is 4.13. The highest BCUT2D eigenvalue weighted by molar-refractivity contribution is 7.71. The fourth-order valence-corrected chi connectivity index (χ4v) is 2.15. The van der Waals surface area contributed by atoms with Crippen LogP contribution in [0.25, 0.3) is 11.0 Å². The van der Waals surface area contributed by atoms with E-state index in [1.165, 1.54) is 0 Å². The van der Waals surface area contributed by atoms with Crippen molar-refractivity contribution in [1.82, 2.24) is 14.9 Å². The predicted octanol–water partition coefficient (Wildman–Crippen LogP) is 2.23. The third kappa shape index (κ3) is 2.78. The summed E-state index contributed by atoms with van der Waals surface area (Å²) >= 11 is 5.26. The van der Waals surface area contributed by atoms with E-state index in [1.54, 1.807) is 11.6 Å². The number of likely N-dealkylation sites (N-methyl/N-ethyl adjacent to an activating group) is 1. The summed E-state index contributed by atoms with van der Waals surface area (Å²) in [5.74, 6) is 0.654. The Labute approximate surface area is 116 Å². The van der Waals surface area contributed by atoms with Gasteiger partial charge in [0.1, 0.15) is 17.8 Å². The number of ether oxygens (including phenoxy) is 1. The van der Waals surface area contributed by atoms with E-state index >= 15 is 0 Å². The number of carbonyl (C=O) groups is 1. The minimum absolute atomic E-state index is 0.0786. The Morgan fingerprint density at radius 1 is 1.53 bits per heavy atom. The summed E-state index contributed by atoms with van der Waals surface area (Å²) in [5.41, 5.74) is 1.69. The van der Waals surface area contributed by atoms with Crippen LogP contribution in [0, 0.1) is 4.77 Å². The van der Waals surface area contributed by atoms with Crippen LogP contribution in [0.3, 0.4) is 0 Å². The third-order valence-electron chi connectivity index (χ3n) is 2.72. The lowest BCUT2D eigenvalue weighted by Crippen LogP contribution is -2.23. The number of para-hydroxylation sites is 1. The van der Waals surface area contributed by atoms with Crippen LogP contribution in [0.5, 0.6) is 5.75 Å². The normalized spacial score (nSPS) is 10.9. The Hall–Kier alpha value is -1.82. The van der Waals surface area contributed by atoms with Crippen LogP contribution in [0.2, 0.25) is 0 Å². The topological polar surface area (TPSA) is 59.0 Å². The first-order chi connectivity index (χ1) is 9.02. The Bertz CT molecular complexity index is 657. The van der Waals surface area contributed by atoms with Gasteiger partial charge in [-0.1, -0.05) is 6.07 Å². The van der Waals surface area contributed by atoms with Crippen LogP contribution >= 0.6 is 12.2 Å². The van der Waals surface area contributed by atoms with Gasteiger partial charge in [0.25, 0.3) is 0 Å². The maximum Gasteiger partial charge on any atom is 0.239 e. The predicted molar refractivity (Wildman–Crippen MR) is 77.0 cm³/mol. The second kappa shape index (κ2) is 5.44. The van der Waals surface area contributed by atoms with Gasteiger partial charge in [-0.3, -0.25) is 4.79 Å². The summed E-state index contributed by atoms with van der Waals surface area (Å²) in [6.07, 6.45) is 0.0786. The van der Waals surface area contributed by atoms with Gasteiger partial charge in [-0.2, -0.15) is 0 Å². The molecule has 1 amide bonds. The second-order valence-corrected chi connectivity index (χ2v) is 4.89. The molecule has 5 nitrogen and oxygen atoms in total. The zero-order chi connectivity index (χ0) is 14.0. The molecule has 1 aromatic carbocycles.